The van der Waals surface area contributed by atoms with Crippen LogP contribution in [0.25, 0.3) is 0 Å². The third-order valence-corrected chi connectivity index (χ3v) is 3.04. The average molecular weight is 280 g/mol. The molecule has 2 rings (SSSR count). The molecule has 0 aliphatic rings. The Labute approximate surface area is 116 Å². The monoisotopic (exact) mass is 279 g/mol. The molecule has 0 fully saturated rings. The fourth-order valence-corrected chi connectivity index (χ4v) is 1.93. The highest BCUT2D eigenvalue weighted by atomic mass is 35.5. The lowest BCUT2D eigenvalue weighted by Crippen LogP contribution is -2.25. The van der Waals surface area contributed by atoms with Gasteiger partial charge in [-0.15, -0.1) is 0 Å². The second-order valence-corrected chi connectivity index (χ2v) is 4.35. The number of hydrogen-bond donors (Lipinski definition) is 1. The van der Waals surface area contributed by atoms with E-state index in [9.17, 15) is 4.79 Å². The summed E-state index contributed by atoms with van der Waals surface area (Å²) in [5, 5.41) is 3.40. The van der Waals surface area contributed by atoms with Gasteiger partial charge in [0, 0.05) is 11.6 Å². The van der Waals surface area contributed by atoms with E-state index >= 15 is 0 Å². The molecule has 0 saturated heterocycles. The first-order chi connectivity index (χ1) is 9.20. The van der Waals surface area contributed by atoms with Crippen molar-refractivity contribution in [2.45, 2.75) is 6.42 Å². The number of rotatable bonds is 5. The third kappa shape index (κ3) is 3.51. The summed E-state index contributed by atoms with van der Waals surface area (Å²) in [4.78, 5) is 11.6. The van der Waals surface area contributed by atoms with Gasteiger partial charge in [0.05, 0.1) is 13.4 Å². The first-order valence-electron chi connectivity index (χ1n) is 5.85. The summed E-state index contributed by atoms with van der Waals surface area (Å²) in [7, 11) is 1.59. The molecule has 0 unspecified atom stereocenters. The maximum Gasteiger partial charge on any atom is 0.286 e. The molecule has 1 aromatic carbocycles. The SMILES string of the molecule is COc1ccc(CCNC(=O)c2ccco2)c(Cl)c1. The van der Waals surface area contributed by atoms with Crippen molar-refractivity contribution >= 4 is 17.5 Å². The maximum atomic E-state index is 11.6. The second-order valence-electron chi connectivity index (χ2n) is 3.94. The molecule has 0 radical (unpaired) electrons. The fourth-order valence-electron chi connectivity index (χ4n) is 1.66. The summed E-state index contributed by atoms with van der Waals surface area (Å²) in [6.45, 7) is 0.492. The minimum Gasteiger partial charge on any atom is -0.497 e. The van der Waals surface area contributed by atoms with Crippen LogP contribution in [0.5, 0.6) is 5.75 Å². The largest absolute Gasteiger partial charge is 0.497 e. The van der Waals surface area contributed by atoms with E-state index in [4.69, 9.17) is 20.8 Å². The molecule has 1 heterocycles. The van der Waals surface area contributed by atoms with E-state index in [-0.39, 0.29) is 5.91 Å². The highest BCUT2D eigenvalue weighted by molar-refractivity contribution is 6.31. The van der Waals surface area contributed by atoms with Crippen LogP contribution >= 0.6 is 11.6 Å². The molecule has 0 spiro atoms. The molecule has 0 aliphatic heterocycles. The molecule has 100 valence electrons. The van der Waals surface area contributed by atoms with Crippen LogP contribution in [0, 0.1) is 0 Å². The minimum absolute atomic E-state index is 0.227. The zero-order chi connectivity index (χ0) is 13.7. The maximum absolute atomic E-state index is 11.6. The van der Waals surface area contributed by atoms with Crippen molar-refractivity contribution in [1.82, 2.24) is 5.32 Å². The highest BCUT2D eigenvalue weighted by Crippen LogP contribution is 2.22. The number of amides is 1. The van der Waals surface area contributed by atoms with E-state index < -0.39 is 0 Å². The van der Waals surface area contributed by atoms with Crippen molar-refractivity contribution in [2.75, 3.05) is 13.7 Å². The molecule has 1 aromatic heterocycles. The van der Waals surface area contributed by atoms with E-state index in [0.717, 1.165) is 5.56 Å². The number of ether oxygens (including phenoxy) is 1. The van der Waals surface area contributed by atoms with Crippen molar-refractivity contribution in [3.05, 3.63) is 52.9 Å². The summed E-state index contributed by atoms with van der Waals surface area (Å²) < 4.78 is 10.1. The molecular weight excluding hydrogens is 266 g/mol. The normalized spacial score (nSPS) is 10.2. The van der Waals surface area contributed by atoms with Crippen LogP contribution in [0.4, 0.5) is 0 Å². The summed E-state index contributed by atoms with van der Waals surface area (Å²) in [5.74, 6) is 0.795. The standard InChI is InChI=1S/C14H14ClNO3/c1-18-11-5-4-10(12(15)9-11)6-7-16-14(17)13-3-2-8-19-13/h2-5,8-9H,6-7H2,1H3,(H,16,17). The average Bonchev–Trinajstić information content (AvgIpc) is 2.94. The van der Waals surface area contributed by atoms with Gasteiger partial charge < -0.3 is 14.5 Å². The Morgan fingerprint density at radius 1 is 1.42 bits per heavy atom. The molecule has 0 atom stereocenters. The van der Waals surface area contributed by atoms with Gasteiger partial charge in [-0.1, -0.05) is 17.7 Å². The third-order valence-electron chi connectivity index (χ3n) is 2.69. The summed E-state index contributed by atoms with van der Waals surface area (Å²) in [6, 6.07) is 8.78. The second kappa shape index (κ2) is 6.29. The highest BCUT2D eigenvalue weighted by Gasteiger charge is 2.08. The molecule has 0 saturated carbocycles. The Morgan fingerprint density at radius 2 is 2.26 bits per heavy atom. The fraction of sp³-hybridized carbons (Fsp3) is 0.214. The Morgan fingerprint density at radius 3 is 2.89 bits per heavy atom. The topological polar surface area (TPSA) is 51.5 Å². The predicted molar refractivity (Wildman–Crippen MR) is 72.7 cm³/mol. The number of methoxy groups -OCH3 is 1. The molecule has 5 heteroatoms. The van der Waals surface area contributed by atoms with E-state index in [1.165, 1.54) is 6.26 Å². The number of benzene rings is 1. The van der Waals surface area contributed by atoms with Crippen LogP contribution in [-0.2, 0) is 6.42 Å². The minimum atomic E-state index is -0.227. The Hall–Kier alpha value is -1.94. The van der Waals surface area contributed by atoms with Gasteiger partial charge >= 0.3 is 0 Å². The van der Waals surface area contributed by atoms with Crippen molar-refractivity contribution in [3.63, 3.8) is 0 Å². The van der Waals surface area contributed by atoms with Gasteiger partial charge in [0.15, 0.2) is 5.76 Å². The van der Waals surface area contributed by atoms with Crippen LogP contribution in [0.3, 0.4) is 0 Å². The van der Waals surface area contributed by atoms with Gasteiger partial charge in [0.2, 0.25) is 0 Å². The van der Waals surface area contributed by atoms with E-state index in [0.29, 0.717) is 29.5 Å². The predicted octanol–water partition coefficient (Wildman–Crippen LogP) is 2.91. The van der Waals surface area contributed by atoms with Gasteiger partial charge in [0.25, 0.3) is 5.91 Å². The molecule has 2 aromatic rings. The lowest BCUT2D eigenvalue weighted by atomic mass is 10.1. The number of carbonyl (C=O) groups excluding carboxylic acids is 1. The van der Waals surface area contributed by atoms with Gasteiger partial charge in [0.1, 0.15) is 5.75 Å². The van der Waals surface area contributed by atoms with Gasteiger partial charge in [-0.3, -0.25) is 4.79 Å². The molecule has 4 nitrogen and oxygen atoms in total. The zero-order valence-electron chi connectivity index (χ0n) is 10.5. The first-order valence-corrected chi connectivity index (χ1v) is 6.22. The van der Waals surface area contributed by atoms with Crippen LogP contribution in [0.1, 0.15) is 16.1 Å². The van der Waals surface area contributed by atoms with E-state index in [1.54, 1.807) is 25.3 Å². The van der Waals surface area contributed by atoms with E-state index in [2.05, 4.69) is 5.32 Å². The zero-order valence-corrected chi connectivity index (χ0v) is 11.2. The van der Waals surface area contributed by atoms with Crippen LogP contribution < -0.4 is 10.1 Å². The van der Waals surface area contributed by atoms with Crippen LogP contribution in [0.15, 0.2) is 41.0 Å². The molecule has 0 bridgehead atoms. The molecule has 19 heavy (non-hydrogen) atoms. The van der Waals surface area contributed by atoms with Crippen molar-refractivity contribution in [3.8, 4) is 5.75 Å². The lowest BCUT2D eigenvalue weighted by Gasteiger charge is -2.07. The summed E-state index contributed by atoms with van der Waals surface area (Å²) in [6.07, 6.45) is 2.12. The summed E-state index contributed by atoms with van der Waals surface area (Å²) in [5.41, 5.74) is 0.960. The van der Waals surface area contributed by atoms with Crippen LogP contribution in [0.2, 0.25) is 5.02 Å². The lowest BCUT2D eigenvalue weighted by molar-refractivity contribution is 0.0926. The Kier molecular flexibility index (Phi) is 4.47. The smallest absolute Gasteiger partial charge is 0.286 e. The Bertz CT molecular complexity index is 552. The van der Waals surface area contributed by atoms with Gasteiger partial charge in [-0.2, -0.15) is 0 Å². The molecular formula is C14H14ClNO3. The van der Waals surface area contributed by atoms with Gasteiger partial charge in [-0.05, 0) is 36.2 Å². The molecule has 0 aliphatic carbocycles. The number of carbonyl (C=O) groups is 1. The van der Waals surface area contributed by atoms with E-state index in [1.807, 2.05) is 12.1 Å². The molecule has 1 amide bonds. The quantitative estimate of drug-likeness (QED) is 0.915. The Balaban J connectivity index is 1.87. The first kappa shape index (κ1) is 13.5. The van der Waals surface area contributed by atoms with Gasteiger partial charge in [-0.25, -0.2) is 0 Å². The summed E-state index contributed by atoms with van der Waals surface area (Å²) >= 11 is 6.11. The molecule has 1 N–H and O–H groups in total. The van der Waals surface area contributed by atoms with Crippen molar-refractivity contribution < 1.29 is 13.9 Å². The number of nitrogens with one attached hydrogen (secondary N) is 1. The van der Waals surface area contributed by atoms with Crippen LogP contribution in [-0.4, -0.2) is 19.6 Å². The number of furan rings is 1. The number of halogens is 1. The number of hydrogen-bond acceptors (Lipinski definition) is 3. The van der Waals surface area contributed by atoms with Crippen molar-refractivity contribution in [1.29, 1.82) is 0 Å². The van der Waals surface area contributed by atoms with Crippen molar-refractivity contribution in [2.24, 2.45) is 0 Å².